The molecular formula is C13H14N4O3. The van der Waals surface area contributed by atoms with Crippen molar-refractivity contribution in [2.45, 2.75) is 6.92 Å². The second-order valence-electron chi connectivity index (χ2n) is 3.88. The molecule has 7 heteroatoms. The highest BCUT2D eigenvalue weighted by molar-refractivity contribution is 5.96. The van der Waals surface area contributed by atoms with Crippen molar-refractivity contribution in [3.05, 3.63) is 46.5 Å². The molecule has 0 aliphatic heterocycles. The van der Waals surface area contributed by atoms with Gasteiger partial charge in [-0.25, -0.2) is 9.78 Å². The van der Waals surface area contributed by atoms with E-state index in [-0.39, 0.29) is 18.1 Å². The Kier molecular flexibility index (Phi) is 3.99. The number of ether oxygens (including phenoxy) is 1. The molecule has 0 radical (unpaired) electrons. The minimum Gasteiger partial charge on any atom is -0.462 e. The van der Waals surface area contributed by atoms with Gasteiger partial charge in [-0.3, -0.25) is 4.79 Å². The summed E-state index contributed by atoms with van der Waals surface area (Å²) in [5.74, 6) is -0.274. The van der Waals surface area contributed by atoms with Gasteiger partial charge in [-0.05, 0) is 19.1 Å². The Morgan fingerprint density at radius 1 is 1.45 bits per heavy atom. The molecule has 0 unspecified atom stereocenters. The summed E-state index contributed by atoms with van der Waals surface area (Å²) in [6.45, 7) is 2.00. The van der Waals surface area contributed by atoms with Crippen molar-refractivity contribution in [1.82, 2.24) is 9.97 Å². The number of nitrogens with one attached hydrogen (secondary N) is 2. The highest BCUT2D eigenvalue weighted by Gasteiger charge is 2.13. The maximum absolute atomic E-state index is 11.8. The molecule has 0 fully saturated rings. The molecule has 104 valence electrons. The number of para-hydroxylation sites is 1. The zero-order chi connectivity index (χ0) is 14.5. The largest absolute Gasteiger partial charge is 0.462 e. The molecule has 4 N–H and O–H groups in total. The Morgan fingerprint density at radius 2 is 2.20 bits per heavy atom. The van der Waals surface area contributed by atoms with Gasteiger partial charge in [0, 0.05) is 0 Å². The first-order valence-corrected chi connectivity index (χ1v) is 5.99. The van der Waals surface area contributed by atoms with Gasteiger partial charge < -0.3 is 20.8 Å². The molecule has 0 saturated heterocycles. The van der Waals surface area contributed by atoms with E-state index in [1.165, 1.54) is 6.33 Å². The summed E-state index contributed by atoms with van der Waals surface area (Å²) < 4.78 is 4.96. The van der Waals surface area contributed by atoms with E-state index >= 15 is 0 Å². The summed E-state index contributed by atoms with van der Waals surface area (Å²) in [6, 6.07) is 6.75. The van der Waals surface area contributed by atoms with E-state index in [0.29, 0.717) is 11.3 Å². The molecule has 0 aliphatic carbocycles. The standard InChI is InChI=1S/C13H14N4O3/c1-2-20-13(19)8-5-3-4-6-9(8)17-11-10(14)12(18)16-7-15-11/h3-7H,2,14H2,1H3,(H2,15,16,17,18). The van der Waals surface area contributed by atoms with Gasteiger partial charge in [0.1, 0.15) is 5.69 Å². The number of H-pyrrole nitrogens is 1. The Morgan fingerprint density at radius 3 is 2.95 bits per heavy atom. The highest BCUT2D eigenvalue weighted by Crippen LogP contribution is 2.22. The van der Waals surface area contributed by atoms with Gasteiger partial charge in [-0.1, -0.05) is 12.1 Å². The maximum atomic E-state index is 11.8. The number of nitrogens with zero attached hydrogens (tertiary/aromatic N) is 1. The summed E-state index contributed by atoms with van der Waals surface area (Å²) >= 11 is 0. The molecule has 1 heterocycles. The van der Waals surface area contributed by atoms with Crippen LogP contribution in [0, 0.1) is 0 Å². The van der Waals surface area contributed by atoms with Crippen LogP contribution >= 0.6 is 0 Å². The zero-order valence-corrected chi connectivity index (χ0v) is 10.8. The van der Waals surface area contributed by atoms with Crippen LogP contribution in [0.3, 0.4) is 0 Å². The lowest BCUT2D eigenvalue weighted by Crippen LogP contribution is -2.15. The lowest BCUT2D eigenvalue weighted by molar-refractivity contribution is 0.0527. The number of benzene rings is 1. The molecule has 0 spiro atoms. The number of aromatic nitrogens is 2. The number of aromatic amines is 1. The summed E-state index contributed by atoms with van der Waals surface area (Å²) in [5, 5.41) is 2.86. The van der Waals surface area contributed by atoms with E-state index in [9.17, 15) is 9.59 Å². The Balaban J connectivity index is 2.37. The number of hydrogen-bond donors (Lipinski definition) is 3. The van der Waals surface area contributed by atoms with Crippen molar-refractivity contribution < 1.29 is 9.53 Å². The molecule has 1 aromatic heterocycles. The molecule has 20 heavy (non-hydrogen) atoms. The van der Waals surface area contributed by atoms with Crippen molar-refractivity contribution in [1.29, 1.82) is 0 Å². The summed E-state index contributed by atoms with van der Waals surface area (Å²) in [6.07, 6.45) is 1.23. The lowest BCUT2D eigenvalue weighted by Gasteiger charge is -2.11. The molecule has 0 aliphatic rings. The van der Waals surface area contributed by atoms with E-state index in [1.54, 1.807) is 31.2 Å². The third-order valence-electron chi connectivity index (χ3n) is 2.56. The van der Waals surface area contributed by atoms with E-state index in [1.807, 2.05) is 0 Å². The van der Waals surface area contributed by atoms with Gasteiger partial charge in [-0.2, -0.15) is 0 Å². The van der Waals surface area contributed by atoms with Crippen molar-refractivity contribution in [2.24, 2.45) is 0 Å². The molecule has 0 saturated carbocycles. The summed E-state index contributed by atoms with van der Waals surface area (Å²) in [5.41, 5.74) is 5.94. The van der Waals surface area contributed by atoms with Gasteiger partial charge in [-0.15, -0.1) is 0 Å². The number of esters is 1. The average Bonchev–Trinajstić information content (AvgIpc) is 2.45. The number of nitrogen functional groups attached to an aromatic ring is 1. The van der Waals surface area contributed by atoms with Crippen LogP contribution < -0.4 is 16.6 Å². The second-order valence-corrected chi connectivity index (χ2v) is 3.88. The lowest BCUT2D eigenvalue weighted by atomic mass is 10.2. The van der Waals surface area contributed by atoms with E-state index in [4.69, 9.17) is 10.5 Å². The Bertz CT molecular complexity index is 681. The summed E-state index contributed by atoms with van der Waals surface area (Å²) in [4.78, 5) is 29.5. The summed E-state index contributed by atoms with van der Waals surface area (Å²) in [7, 11) is 0. The highest BCUT2D eigenvalue weighted by atomic mass is 16.5. The number of rotatable bonds is 4. The van der Waals surface area contributed by atoms with Crippen LogP contribution in [0.4, 0.5) is 17.2 Å². The monoisotopic (exact) mass is 274 g/mol. The van der Waals surface area contributed by atoms with Crippen LogP contribution in [0.2, 0.25) is 0 Å². The van der Waals surface area contributed by atoms with Gasteiger partial charge >= 0.3 is 5.97 Å². The molecular weight excluding hydrogens is 260 g/mol. The second kappa shape index (κ2) is 5.87. The SMILES string of the molecule is CCOC(=O)c1ccccc1Nc1nc[nH]c(=O)c1N. The minimum absolute atomic E-state index is 0.0499. The van der Waals surface area contributed by atoms with Crippen LogP contribution in [0.25, 0.3) is 0 Å². The quantitative estimate of drug-likeness (QED) is 0.724. The van der Waals surface area contributed by atoms with E-state index in [0.717, 1.165) is 0 Å². The van der Waals surface area contributed by atoms with Gasteiger partial charge in [0.25, 0.3) is 5.56 Å². The number of carbonyl (C=O) groups is 1. The fourth-order valence-corrected chi connectivity index (χ4v) is 1.62. The fourth-order valence-electron chi connectivity index (χ4n) is 1.62. The zero-order valence-electron chi connectivity index (χ0n) is 10.8. The first-order valence-electron chi connectivity index (χ1n) is 5.99. The number of hydrogen-bond acceptors (Lipinski definition) is 6. The van der Waals surface area contributed by atoms with E-state index in [2.05, 4.69) is 15.3 Å². The Labute approximate surface area is 114 Å². The molecule has 2 aromatic rings. The third-order valence-corrected chi connectivity index (χ3v) is 2.56. The normalized spacial score (nSPS) is 10.1. The molecule has 7 nitrogen and oxygen atoms in total. The number of nitrogens with two attached hydrogens (primary N) is 1. The van der Waals surface area contributed by atoms with Crippen molar-refractivity contribution in [3.63, 3.8) is 0 Å². The van der Waals surface area contributed by atoms with Gasteiger partial charge in [0.05, 0.1) is 24.2 Å². The van der Waals surface area contributed by atoms with Crippen LogP contribution in [0.1, 0.15) is 17.3 Å². The van der Waals surface area contributed by atoms with Crippen LogP contribution in [-0.2, 0) is 4.74 Å². The predicted molar refractivity (Wildman–Crippen MR) is 75.0 cm³/mol. The molecule has 1 aromatic carbocycles. The van der Waals surface area contributed by atoms with Crippen LogP contribution in [-0.4, -0.2) is 22.5 Å². The maximum Gasteiger partial charge on any atom is 0.340 e. The predicted octanol–water partition coefficient (Wildman–Crippen LogP) is 1.27. The Hall–Kier alpha value is -2.83. The number of carbonyl (C=O) groups excluding carboxylic acids is 1. The molecule has 0 bridgehead atoms. The smallest absolute Gasteiger partial charge is 0.340 e. The van der Waals surface area contributed by atoms with E-state index < -0.39 is 11.5 Å². The molecule has 0 atom stereocenters. The minimum atomic E-state index is -0.459. The average molecular weight is 274 g/mol. The number of anilines is 3. The topological polar surface area (TPSA) is 110 Å². The third kappa shape index (κ3) is 2.77. The van der Waals surface area contributed by atoms with Crippen molar-refractivity contribution in [2.75, 3.05) is 17.7 Å². The van der Waals surface area contributed by atoms with Gasteiger partial charge in [0.15, 0.2) is 5.82 Å². The van der Waals surface area contributed by atoms with Crippen LogP contribution in [0.15, 0.2) is 35.4 Å². The van der Waals surface area contributed by atoms with Crippen molar-refractivity contribution >= 4 is 23.2 Å². The molecule has 2 rings (SSSR count). The first kappa shape index (κ1) is 13.6. The van der Waals surface area contributed by atoms with Gasteiger partial charge in [0.2, 0.25) is 0 Å². The first-order chi connectivity index (χ1) is 9.63. The molecule has 0 amide bonds. The van der Waals surface area contributed by atoms with Crippen molar-refractivity contribution in [3.8, 4) is 0 Å². The van der Waals surface area contributed by atoms with Crippen LogP contribution in [0.5, 0.6) is 0 Å². The fraction of sp³-hybridized carbons (Fsp3) is 0.154.